The topological polar surface area (TPSA) is 85.9 Å². The Balaban J connectivity index is 1.72. The van der Waals surface area contributed by atoms with Gasteiger partial charge in [0.1, 0.15) is 5.82 Å². The van der Waals surface area contributed by atoms with Crippen LogP contribution in [0.25, 0.3) is 0 Å². The van der Waals surface area contributed by atoms with E-state index in [0.717, 1.165) is 30.9 Å². The Morgan fingerprint density at radius 3 is 2.88 bits per heavy atom. The quantitative estimate of drug-likeness (QED) is 0.739. The Kier molecular flexibility index (Phi) is 5.53. The predicted molar refractivity (Wildman–Crippen MR) is 94.6 cm³/mol. The summed E-state index contributed by atoms with van der Waals surface area (Å²) in [4.78, 5) is 4.04. The Morgan fingerprint density at radius 2 is 2.16 bits per heavy atom. The summed E-state index contributed by atoms with van der Waals surface area (Å²) >= 11 is 0. The molecule has 9 heteroatoms. The normalized spacial score (nSPS) is 19.4. The van der Waals surface area contributed by atoms with Gasteiger partial charge in [0, 0.05) is 38.4 Å². The number of imidazole rings is 1. The number of unbranched alkanes of at least 4 members (excludes halogenated alkanes) is 1. The highest BCUT2D eigenvalue weighted by atomic mass is 32.2. The van der Waals surface area contributed by atoms with Crippen LogP contribution in [0.15, 0.2) is 18.7 Å². The highest BCUT2D eigenvalue weighted by molar-refractivity contribution is 7.89. The number of hydrogen-bond acceptors (Lipinski definition) is 5. The molecule has 0 bridgehead atoms. The van der Waals surface area contributed by atoms with E-state index in [2.05, 4.69) is 15.2 Å². The zero-order valence-corrected chi connectivity index (χ0v) is 15.7. The van der Waals surface area contributed by atoms with Crippen LogP contribution in [0.1, 0.15) is 50.2 Å². The van der Waals surface area contributed by atoms with Gasteiger partial charge >= 0.3 is 0 Å². The van der Waals surface area contributed by atoms with Gasteiger partial charge in [0.05, 0.1) is 18.6 Å². The van der Waals surface area contributed by atoms with E-state index in [0.29, 0.717) is 26.1 Å². The molecule has 1 aliphatic rings. The van der Waals surface area contributed by atoms with E-state index in [4.69, 9.17) is 0 Å². The molecule has 0 N–H and O–H groups in total. The van der Waals surface area contributed by atoms with Gasteiger partial charge in [-0.15, -0.1) is 10.2 Å². The molecule has 0 spiro atoms. The minimum atomic E-state index is -3.17. The Labute approximate surface area is 148 Å². The van der Waals surface area contributed by atoms with Gasteiger partial charge in [-0.1, -0.05) is 13.3 Å². The molecule has 8 nitrogen and oxygen atoms in total. The zero-order chi connectivity index (χ0) is 17.9. The van der Waals surface area contributed by atoms with Crippen molar-refractivity contribution in [3.05, 3.63) is 30.4 Å². The minimum absolute atomic E-state index is 0.0965. The van der Waals surface area contributed by atoms with E-state index in [9.17, 15) is 8.42 Å². The maximum atomic E-state index is 12.5. The minimum Gasteiger partial charge on any atom is -0.330 e. The summed E-state index contributed by atoms with van der Waals surface area (Å²) in [7, 11) is -1.22. The lowest BCUT2D eigenvalue weighted by atomic mass is 9.99. The van der Waals surface area contributed by atoms with E-state index in [1.807, 2.05) is 29.3 Å². The van der Waals surface area contributed by atoms with Crippen molar-refractivity contribution in [2.24, 2.45) is 7.05 Å². The summed E-state index contributed by atoms with van der Waals surface area (Å²) in [5.74, 6) is 2.05. The van der Waals surface area contributed by atoms with E-state index < -0.39 is 10.0 Å². The fraction of sp³-hybridized carbons (Fsp3) is 0.688. The average molecular weight is 366 g/mol. The van der Waals surface area contributed by atoms with Gasteiger partial charge in [-0.25, -0.2) is 17.7 Å². The highest BCUT2D eigenvalue weighted by Crippen LogP contribution is 2.27. The van der Waals surface area contributed by atoms with Crippen molar-refractivity contribution in [2.75, 3.05) is 18.8 Å². The maximum Gasteiger partial charge on any atom is 0.214 e. The second-order valence-electron chi connectivity index (χ2n) is 6.64. The summed E-state index contributed by atoms with van der Waals surface area (Å²) in [6.45, 7) is 3.73. The molecule has 1 saturated heterocycles. The SMILES string of the molecule is CCCCS(=O)(=O)N1CCC[C@@H](c2nnc(Cn3ccnc3)n2C)C1. The van der Waals surface area contributed by atoms with Crippen molar-refractivity contribution in [2.45, 2.75) is 45.1 Å². The standard InChI is InChI=1S/C16H26N6O2S/c1-3-4-10-25(23,24)22-8-5-6-14(11-22)16-19-18-15(20(16)2)12-21-9-7-17-13-21/h7,9,13-14H,3-6,8,10-12H2,1-2H3/t14-/m1/s1. The second kappa shape index (κ2) is 7.65. The van der Waals surface area contributed by atoms with Gasteiger partial charge in [-0.2, -0.15) is 0 Å². The number of aromatic nitrogens is 5. The van der Waals surface area contributed by atoms with E-state index in [1.165, 1.54) is 0 Å². The molecular weight excluding hydrogens is 340 g/mol. The first-order valence-corrected chi connectivity index (χ1v) is 10.4. The fourth-order valence-corrected chi connectivity index (χ4v) is 5.00. The van der Waals surface area contributed by atoms with E-state index in [-0.39, 0.29) is 11.7 Å². The van der Waals surface area contributed by atoms with Crippen LogP contribution in [0.4, 0.5) is 0 Å². The molecule has 0 aliphatic carbocycles. The molecule has 2 aromatic heterocycles. The lowest BCUT2D eigenvalue weighted by Gasteiger charge is -2.31. The second-order valence-corrected chi connectivity index (χ2v) is 8.72. The molecule has 2 aromatic rings. The van der Waals surface area contributed by atoms with Gasteiger partial charge in [-0.05, 0) is 19.3 Å². The Hall–Kier alpha value is -1.74. The lowest BCUT2D eigenvalue weighted by molar-refractivity contribution is 0.305. The lowest BCUT2D eigenvalue weighted by Crippen LogP contribution is -2.40. The predicted octanol–water partition coefficient (Wildman–Crippen LogP) is 1.37. The van der Waals surface area contributed by atoms with Crippen LogP contribution in [-0.2, 0) is 23.6 Å². The molecule has 0 unspecified atom stereocenters. The molecule has 0 amide bonds. The summed E-state index contributed by atoms with van der Waals surface area (Å²) in [6, 6.07) is 0. The van der Waals surface area contributed by atoms with Crippen LogP contribution in [0, 0.1) is 0 Å². The number of piperidine rings is 1. The van der Waals surface area contributed by atoms with Crippen molar-refractivity contribution < 1.29 is 8.42 Å². The molecule has 1 aliphatic heterocycles. The molecule has 1 fully saturated rings. The molecule has 1 atom stereocenters. The summed E-state index contributed by atoms with van der Waals surface area (Å²) in [6.07, 6.45) is 8.77. The van der Waals surface area contributed by atoms with Crippen LogP contribution in [-0.4, -0.2) is 55.9 Å². The van der Waals surface area contributed by atoms with E-state index in [1.54, 1.807) is 16.8 Å². The van der Waals surface area contributed by atoms with Gasteiger partial charge in [0.15, 0.2) is 5.82 Å². The number of rotatable bonds is 7. The average Bonchev–Trinajstić information content (AvgIpc) is 3.24. The first-order valence-electron chi connectivity index (χ1n) is 8.83. The van der Waals surface area contributed by atoms with Gasteiger partial charge in [0.2, 0.25) is 10.0 Å². The van der Waals surface area contributed by atoms with Crippen molar-refractivity contribution >= 4 is 10.0 Å². The number of sulfonamides is 1. The van der Waals surface area contributed by atoms with Crippen LogP contribution >= 0.6 is 0 Å². The maximum absolute atomic E-state index is 12.5. The molecule has 0 aromatic carbocycles. The van der Waals surface area contributed by atoms with E-state index >= 15 is 0 Å². The van der Waals surface area contributed by atoms with Crippen LogP contribution < -0.4 is 0 Å². The van der Waals surface area contributed by atoms with Crippen LogP contribution in [0.3, 0.4) is 0 Å². The third-order valence-electron chi connectivity index (χ3n) is 4.78. The third-order valence-corrected chi connectivity index (χ3v) is 6.70. The first kappa shape index (κ1) is 18.1. The van der Waals surface area contributed by atoms with Crippen LogP contribution in [0.2, 0.25) is 0 Å². The Morgan fingerprint density at radius 1 is 1.32 bits per heavy atom. The molecule has 3 heterocycles. The molecule has 138 valence electrons. The van der Waals surface area contributed by atoms with Gasteiger partial charge in [-0.3, -0.25) is 0 Å². The summed E-state index contributed by atoms with van der Waals surface area (Å²) in [5.41, 5.74) is 0. The smallest absolute Gasteiger partial charge is 0.214 e. The summed E-state index contributed by atoms with van der Waals surface area (Å²) < 4.78 is 30.6. The zero-order valence-electron chi connectivity index (χ0n) is 14.9. The number of nitrogens with zero attached hydrogens (tertiary/aromatic N) is 6. The first-order chi connectivity index (χ1) is 12.0. The fourth-order valence-electron chi connectivity index (χ4n) is 3.27. The van der Waals surface area contributed by atoms with Crippen molar-refractivity contribution in [1.29, 1.82) is 0 Å². The van der Waals surface area contributed by atoms with Crippen molar-refractivity contribution in [3.63, 3.8) is 0 Å². The molecule has 0 saturated carbocycles. The largest absolute Gasteiger partial charge is 0.330 e. The van der Waals surface area contributed by atoms with Gasteiger partial charge in [0.25, 0.3) is 0 Å². The molecular formula is C16H26N6O2S. The monoisotopic (exact) mass is 366 g/mol. The highest BCUT2D eigenvalue weighted by Gasteiger charge is 2.31. The Bertz CT molecular complexity index is 784. The molecule has 0 radical (unpaired) electrons. The summed E-state index contributed by atoms with van der Waals surface area (Å²) in [5, 5.41) is 8.66. The van der Waals surface area contributed by atoms with Crippen LogP contribution in [0.5, 0.6) is 0 Å². The molecule has 25 heavy (non-hydrogen) atoms. The van der Waals surface area contributed by atoms with Crippen molar-refractivity contribution in [3.8, 4) is 0 Å². The number of hydrogen-bond donors (Lipinski definition) is 0. The molecule has 3 rings (SSSR count). The third kappa shape index (κ3) is 4.09. The van der Waals surface area contributed by atoms with Crippen molar-refractivity contribution in [1.82, 2.24) is 28.6 Å². The van der Waals surface area contributed by atoms with Gasteiger partial charge < -0.3 is 9.13 Å².